The van der Waals surface area contributed by atoms with E-state index in [4.69, 9.17) is 9.47 Å². The number of cyclic esters (lactones) is 1. The van der Waals surface area contributed by atoms with Crippen LogP contribution in [-0.4, -0.2) is 30.4 Å². The van der Waals surface area contributed by atoms with E-state index in [9.17, 15) is 9.59 Å². The maximum Gasteiger partial charge on any atom is 0.415 e. The van der Waals surface area contributed by atoms with Crippen LogP contribution in [0.5, 0.6) is 5.75 Å². The number of ether oxygens (including phenoxy) is 2. The molecule has 0 atom stereocenters. The molecule has 0 spiro atoms. The Kier molecular flexibility index (Phi) is 4.61. The normalized spacial score (nSPS) is 15.5. The number of carbonyl (C=O) groups is 2. The lowest BCUT2D eigenvalue weighted by Crippen LogP contribution is -2.23. The second kappa shape index (κ2) is 7.00. The van der Waals surface area contributed by atoms with E-state index in [-0.39, 0.29) is 12.3 Å². The Hall–Kier alpha value is -3.08. The summed E-state index contributed by atoms with van der Waals surface area (Å²) in [6.45, 7) is 0.698. The molecule has 0 aliphatic carbocycles. The van der Waals surface area contributed by atoms with Crippen molar-refractivity contribution in [1.82, 2.24) is 4.90 Å². The highest BCUT2D eigenvalue weighted by atomic mass is 16.6. The number of nitrogens with zero attached hydrogens (tertiary/aromatic N) is 1. The Labute approximate surface area is 140 Å². The van der Waals surface area contributed by atoms with Gasteiger partial charge in [0.15, 0.2) is 5.78 Å². The van der Waals surface area contributed by atoms with Gasteiger partial charge >= 0.3 is 6.09 Å². The zero-order valence-electron chi connectivity index (χ0n) is 13.3. The van der Waals surface area contributed by atoms with Crippen LogP contribution in [0.25, 0.3) is 0 Å². The average molecular weight is 323 g/mol. The second-order valence-electron chi connectivity index (χ2n) is 5.41. The van der Waals surface area contributed by atoms with Crippen LogP contribution >= 0.6 is 0 Å². The maximum absolute atomic E-state index is 12.1. The lowest BCUT2D eigenvalue weighted by molar-refractivity contribution is 0.104. The van der Waals surface area contributed by atoms with Gasteiger partial charge in [-0.3, -0.25) is 9.69 Å². The van der Waals surface area contributed by atoms with E-state index in [1.165, 1.54) is 6.08 Å². The SMILES string of the molecule is COc1ccc(CN2CC(=CC(=O)c3ccccc3)OC2=O)cc1. The number of ketones is 1. The minimum atomic E-state index is -0.446. The van der Waals surface area contributed by atoms with Crippen molar-refractivity contribution in [3.8, 4) is 5.75 Å². The van der Waals surface area contributed by atoms with Crippen LogP contribution < -0.4 is 4.74 Å². The molecule has 0 radical (unpaired) electrons. The number of methoxy groups -OCH3 is 1. The van der Waals surface area contributed by atoms with Crippen molar-refractivity contribution in [3.63, 3.8) is 0 Å². The molecule has 0 aromatic heterocycles. The van der Waals surface area contributed by atoms with E-state index in [1.807, 2.05) is 30.3 Å². The van der Waals surface area contributed by atoms with Gasteiger partial charge in [0.05, 0.1) is 13.7 Å². The molecule has 2 aromatic carbocycles. The van der Waals surface area contributed by atoms with E-state index < -0.39 is 6.09 Å². The Balaban J connectivity index is 1.66. The first-order chi connectivity index (χ1) is 11.7. The molecule has 1 aliphatic rings. The Morgan fingerprint density at radius 1 is 1.17 bits per heavy atom. The molecule has 1 aliphatic heterocycles. The standard InChI is InChI=1S/C19H17NO4/c1-23-16-9-7-14(8-10-16)12-20-13-17(24-19(20)22)11-18(21)15-5-3-2-4-6-15/h2-11H,12-13H2,1H3. The largest absolute Gasteiger partial charge is 0.497 e. The van der Waals surface area contributed by atoms with Gasteiger partial charge in [-0.05, 0) is 17.7 Å². The van der Waals surface area contributed by atoms with Crippen LogP contribution in [-0.2, 0) is 11.3 Å². The molecular weight excluding hydrogens is 306 g/mol. The Bertz CT molecular complexity index is 766. The summed E-state index contributed by atoms with van der Waals surface area (Å²) in [5.41, 5.74) is 1.53. The molecule has 5 heteroatoms. The monoisotopic (exact) mass is 323 g/mol. The maximum atomic E-state index is 12.1. The van der Waals surface area contributed by atoms with Crippen molar-refractivity contribution < 1.29 is 19.1 Å². The number of hydrogen-bond acceptors (Lipinski definition) is 4. The van der Waals surface area contributed by atoms with Gasteiger partial charge in [0.25, 0.3) is 0 Å². The van der Waals surface area contributed by atoms with Crippen molar-refractivity contribution >= 4 is 11.9 Å². The van der Waals surface area contributed by atoms with Gasteiger partial charge in [0.2, 0.25) is 0 Å². The molecule has 24 heavy (non-hydrogen) atoms. The molecule has 5 nitrogen and oxygen atoms in total. The van der Waals surface area contributed by atoms with Gasteiger partial charge in [0, 0.05) is 18.2 Å². The van der Waals surface area contributed by atoms with Crippen molar-refractivity contribution in [3.05, 3.63) is 77.6 Å². The third kappa shape index (κ3) is 3.63. The zero-order valence-corrected chi connectivity index (χ0v) is 13.3. The van der Waals surface area contributed by atoms with Crippen LogP contribution in [0.3, 0.4) is 0 Å². The Morgan fingerprint density at radius 2 is 1.88 bits per heavy atom. The average Bonchev–Trinajstić information content (AvgIpc) is 2.95. The number of carbonyl (C=O) groups excluding carboxylic acids is 2. The third-order valence-corrected chi connectivity index (χ3v) is 3.71. The quantitative estimate of drug-likeness (QED) is 0.625. The number of benzene rings is 2. The molecule has 0 unspecified atom stereocenters. The first kappa shape index (κ1) is 15.8. The summed E-state index contributed by atoms with van der Waals surface area (Å²) in [6, 6.07) is 16.3. The molecule has 1 amide bonds. The molecule has 2 aromatic rings. The van der Waals surface area contributed by atoms with Gasteiger partial charge < -0.3 is 9.47 Å². The summed E-state index contributed by atoms with van der Waals surface area (Å²) in [5, 5.41) is 0. The van der Waals surface area contributed by atoms with Crippen molar-refractivity contribution in [2.75, 3.05) is 13.7 Å². The van der Waals surface area contributed by atoms with Crippen LogP contribution in [0.4, 0.5) is 4.79 Å². The van der Waals surface area contributed by atoms with E-state index in [1.54, 1.807) is 36.3 Å². The minimum Gasteiger partial charge on any atom is -0.497 e. The molecule has 0 N–H and O–H groups in total. The smallest absolute Gasteiger partial charge is 0.415 e. The van der Waals surface area contributed by atoms with E-state index in [2.05, 4.69) is 0 Å². The Morgan fingerprint density at radius 3 is 2.54 bits per heavy atom. The second-order valence-corrected chi connectivity index (χ2v) is 5.41. The molecule has 3 rings (SSSR count). The fourth-order valence-electron chi connectivity index (χ4n) is 2.44. The number of rotatable bonds is 5. The van der Waals surface area contributed by atoms with E-state index >= 15 is 0 Å². The van der Waals surface area contributed by atoms with E-state index in [0.717, 1.165) is 11.3 Å². The highest BCUT2D eigenvalue weighted by Crippen LogP contribution is 2.20. The van der Waals surface area contributed by atoms with Crippen molar-refractivity contribution in [2.24, 2.45) is 0 Å². The first-order valence-corrected chi connectivity index (χ1v) is 7.55. The summed E-state index contributed by atoms with van der Waals surface area (Å²) in [5.74, 6) is 0.948. The topological polar surface area (TPSA) is 55.8 Å². The van der Waals surface area contributed by atoms with Gasteiger partial charge in [-0.15, -0.1) is 0 Å². The summed E-state index contributed by atoms with van der Waals surface area (Å²) < 4.78 is 10.3. The minimum absolute atomic E-state index is 0.176. The fourth-order valence-corrected chi connectivity index (χ4v) is 2.44. The van der Waals surface area contributed by atoms with Crippen LogP contribution in [0, 0.1) is 0 Å². The van der Waals surface area contributed by atoms with Crippen LogP contribution in [0.1, 0.15) is 15.9 Å². The summed E-state index contributed by atoms with van der Waals surface area (Å²) >= 11 is 0. The molecule has 122 valence electrons. The van der Waals surface area contributed by atoms with Crippen LogP contribution in [0.15, 0.2) is 66.4 Å². The molecule has 1 saturated heterocycles. The number of hydrogen-bond donors (Lipinski definition) is 0. The van der Waals surface area contributed by atoms with Gasteiger partial charge in [-0.25, -0.2) is 4.79 Å². The summed E-state index contributed by atoms with van der Waals surface area (Å²) in [4.78, 5) is 25.6. The van der Waals surface area contributed by atoms with E-state index in [0.29, 0.717) is 17.9 Å². The third-order valence-electron chi connectivity index (χ3n) is 3.71. The van der Waals surface area contributed by atoms with Crippen molar-refractivity contribution in [2.45, 2.75) is 6.54 Å². The zero-order chi connectivity index (χ0) is 16.9. The lowest BCUT2D eigenvalue weighted by Gasteiger charge is -2.12. The number of amides is 1. The lowest BCUT2D eigenvalue weighted by atomic mass is 10.1. The highest BCUT2D eigenvalue weighted by molar-refractivity contribution is 6.05. The highest BCUT2D eigenvalue weighted by Gasteiger charge is 2.27. The first-order valence-electron chi connectivity index (χ1n) is 7.55. The predicted octanol–water partition coefficient (Wildman–Crippen LogP) is 3.41. The fraction of sp³-hybridized carbons (Fsp3) is 0.158. The number of allylic oxidation sites excluding steroid dienone is 1. The molecule has 1 fully saturated rings. The van der Waals surface area contributed by atoms with Gasteiger partial charge in [-0.2, -0.15) is 0 Å². The summed E-state index contributed by atoms with van der Waals surface area (Å²) in [6.07, 6.45) is 0.930. The van der Waals surface area contributed by atoms with Gasteiger partial charge in [-0.1, -0.05) is 42.5 Å². The van der Waals surface area contributed by atoms with Crippen LogP contribution in [0.2, 0.25) is 0 Å². The molecule has 1 heterocycles. The van der Waals surface area contributed by atoms with Crippen molar-refractivity contribution in [1.29, 1.82) is 0 Å². The predicted molar refractivity (Wildman–Crippen MR) is 88.7 cm³/mol. The summed E-state index contributed by atoms with van der Waals surface area (Å²) in [7, 11) is 1.60. The molecule has 0 saturated carbocycles. The molecular formula is C19H17NO4. The van der Waals surface area contributed by atoms with Gasteiger partial charge in [0.1, 0.15) is 11.5 Å². The molecule has 0 bridgehead atoms.